The Kier molecular flexibility index (Phi) is 5.88. The maximum absolute atomic E-state index is 13.3. The first kappa shape index (κ1) is 16.1. The molecule has 2 aromatic carbocycles. The molecule has 0 fully saturated rings. The van der Waals surface area contributed by atoms with Gasteiger partial charge in [0.1, 0.15) is 11.6 Å². The van der Waals surface area contributed by atoms with Crippen LogP contribution >= 0.6 is 15.9 Å². The molecule has 2 rings (SSSR count). The van der Waals surface area contributed by atoms with Gasteiger partial charge in [0.15, 0.2) is 0 Å². The highest BCUT2D eigenvalue weighted by Gasteiger charge is 2.11. The molecule has 21 heavy (non-hydrogen) atoms. The van der Waals surface area contributed by atoms with Gasteiger partial charge in [-0.25, -0.2) is 8.78 Å². The summed E-state index contributed by atoms with van der Waals surface area (Å²) in [7, 11) is 0. The van der Waals surface area contributed by atoms with E-state index >= 15 is 0 Å². The van der Waals surface area contributed by atoms with Gasteiger partial charge in [0.05, 0.1) is 4.47 Å². The van der Waals surface area contributed by atoms with E-state index in [2.05, 4.69) is 28.2 Å². The molecule has 0 aromatic heterocycles. The second kappa shape index (κ2) is 7.66. The van der Waals surface area contributed by atoms with Gasteiger partial charge in [-0.3, -0.25) is 0 Å². The Hall–Kier alpha value is -1.26. The van der Waals surface area contributed by atoms with Crippen molar-refractivity contribution >= 4 is 15.9 Å². The van der Waals surface area contributed by atoms with Crippen molar-refractivity contribution in [2.45, 2.75) is 25.8 Å². The first-order chi connectivity index (χ1) is 10.1. The zero-order valence-electron chi connectivity index (χ0n) is 11.9. The number of nitrogens with one attached hydrogen (secondary N) is 1. The summed E-state index contributed by atoms with van der Waals surface area (Å²) in [4.78, 5) is 0. The third kappa shape index (κ3) is 4.90. The Morgan fingerprint density at radius 2 is 1.62 bits per heavy atom. The van der Waals surface area contributed by atoms with Crippen LogP contribution in [0, 0.1) is 11.6 Å². The molecule has 0 aliphatic heterocycles. The van der Waals surface area contributed by atoms with Crippen molar-refractivity contribution in [1.29, 1.82) is 0 Å². The van der Waals surface area contributed by atoms with Gasteiger partial charge < -0.3 is 5.32 Å². The molecular formula is C17H18BrF2N. The Bertz CT molecular complexity index is 584. The van der Waals surface area contributed by atoms with Crippen molar-refractivity contribution in [2.75, 3.05) is 6.54 Å². The molecule has 0 radical (unpaired) electrons. The Balaban J connectivity index is 2.07. The molecule has 0 aliphatic carbocycles. The standard InChI is InChI=1S/C17H18BrF2N/c1-2-21-15(9-12-3-6-14(19)7-4-12)10-13-5-8-17(20)16(18)11-13/h3-8,11,15,21H,2,9-10H2,1H3. The molecule has 0 aliphatic rings. The van der Waals surface area contributed by atoms with Gasteiger partial charge in [0, 0.05) is 6.04 Å². The van der Waals surface area contributed by atoms with Crippen LogP contribution in [0.25, 0.3) is 0 Å². The zero-order valence-corrected chi connectivity index (χ0v) is 13.5. The molecule has 1 unspecified atom stereocenters. The third-order valence-corrected chi connectivity index (χ3v) is 3.96. The summed E-state index contributed by atoms with van der Waals surface area (Å²) >= 11 is 3.21. The zero-order chi connectivity index (χ0) is 15.2. The van der Waals surface area contributed by atoms with E-state index < -0.39 is 0 Å². The number of likely N-dealkylation sites (N-methyl/N-ethyl adjacent to an activating group) is 1. The van der Waals surface area contributed by atoms with Crippen LogP contribution in [0.5, 0.6) is 0 Å². The van der Waals surface area contributed by atoms with Crippen LogP contribution in [0.2, 0.25) is 0 Å². The lowest BCUT2D eigenvalue weighted by molar-refractivity contribution is 0.520. The predicted octanol–water partition coefficient (Wildman–Crippen LogP) is 4.49. The van der Waals surface area contributed by atoms with E-state index in [9.17, 15) is 8.78 Å². The summed E-state index contributed by atoms with van der Waals surface area (Å²) in [6.07, 6.45) is 1.60. The lowest BCUT2D eigenvalue weighted by atomic mass is 9.99. The minimum atomic E-state index is -0.253. The van der Waals surface area contributed by atoms with E-state index in [-0.39, 0.29) is 17.7 Å². The average Bonchev–Trinajstić information content (AvgIpc) is 2.46. The average molecular weight is 354 g/mol. The van der Waals surface area contributed by atoms with Crippen LogP contribution in [-0.4, -0.2) is 12.6 Å². The monoisotopic (exact) mass is 353 g/mol. The summed E-state index contributed by atoms with van der Waals surface area (Å²) < 4.78 is 26.7. The van der Waals surface area contributed by atoms with E-state index in [0.29, 0.717) is 4.47 Å². The molecule has 0 heterocycles. The van der Waals surface area contributed by atoms with Gasteiger partial charge in [0.2, 0.25) is 0 Å². The van der Waals surface area contributed by atoms with Crippen molar-refractivity contribution in [3.63, 3.8) is 0 Å². The van der Waals surface area contributed by atoms with Crippen molar-refractivity contribution in [1.82, 2.24) is 5.32 Å². The lowest BCUT2D eigenvalue weighted by Gasteiger charge is -2.18. The summed E-state index contributed by atoms with van der Waals surface area (Å²) in [5, 5.41) is 3.43. The second-order valence-corrected chi connectivity index (χ2v) is 5.89. The molecule has 0 bridgehead atoms. The number of hydrogen-bond acceptors (Lipinski definition) is 1. The number of hydrogen-bond donors (Lipinski definition) is 1. The SMILES string of the molecule is CCNC(Cc1ccc(F)cc1)Cc1ccc(F)c(Br)c1. The first-order valence-corrected chi connectivity index (χ1v) is 7.79. The molecule has 1 N–H and O–H groups in total. The van der Waals surface area contributed by atoms with E-state index in [0.717, 1.165) is 30.5 Å². The molecule has 0 saturated carbocycles. The summed E-state index contributed by atoms with van der Waals surface area (Å²) in [5.41, 5.74) is 2.15. The quantitative estimate of drug-likeness (QED) is 0.806. The van der Waals surface area contributed by atoms with Gasteiger partial charge >= 0.3 is 0 Å². The smallest absolute Gasteiger partial charge is 0.137 e. The van der Waals surface area contributed by atoms with Crippen LogP contribution < -0.4 is 5.32 Å². The minimum Gasteiger partial charge on any atom is -0.314 e. The molecule has 112 valence electrons. The van der Waals surface area contributed by atoms with E-state index in [1.54, 1.807) is 18.2 Å². The van der Waals surface area contributed by atoms with E-state index in [1.165, 1.54) is 18.2 Å². The van der Waals surface area contributed by atoms with Crippen LogP contribution in [0.3, 0.4) is 0 Å². The fourth-order valence-corrected chi connectivity index (χ4v) is 2.79. The van der Waals surface area contributed by atoms with Crippen LogP contribution in [0.1, 0.15) is 18.1 Å². The molecule has 0 amide bonds. The maximum Gasteiger partial charge on any atom is 0.137 e. The van der Waals surface area contributed by atoms with Crippen molar-refractivity contribution in [2.24, 2.45) is 0 Å². The molecule has 0 spiro atoms. The highest BCUT2D eigenvalue weighted by Crippen LogP contribution is 2.18. The molecule has 4 heteroatoms. The summed E-state index contributed by atoms with van der Waals surface area (Å²) in [6.45, 7) is 2.91. The maximum atomic E-state index is 13.3. The van der Waals surface area contributed by atoms with Gasteiger partial charge in [0.25, 0.3) is 0 Å². The van der Waals surface area contributed by atoms with Gasteiger partial charge in [-0.15, -0.1) is 0 Å². The topological polar surface area (TPSA) is 12.0 Å². The van der Waals surface area contributed by atoms with Gasteiger partial charge in [-0.1, -0.05) is 25.1 Å². The second-order valence-electron chi connectivity index (χ2n) is 5.04. The molecular weight excluding hydrogens is 336 g/mol. The highest BCUT2D eigenvalue weighted by molar-refractivity contribution is 9.10. The molecule has 1 atom stereocenters. The first-order valence-electron chi connectivity index (χ1n) is 7.00. The normalized spacial score (nSPS) is 12.4. The fourth-order valence-electron chi connectivity index (χ4n) is 2.36. The van der Waals surface area contributed by atoms with Crippen molar-refractivity contribution in [3.05, 3.63) is 69.7 Å². The van der Waals surface area contributed by atoms with Crippen LogP contribution in [0.4, 0.5) is 8.78 Å². The number of rotatable bonds is 6. The van der Waals surface area contributed by atoms with Gasteiger partial charge in [-0.05, 0) is 70.7 Å². The molecule has 0 saturated heterocycles. The number of benzene rings is 2. The summed E-state index contributed by atoms with van der Waals surface area (Å²) in [5.74, 6) is -0.474. The van der Waals surface area contributed by atoms with Gasteiger partial charge in [-0.2, -0.15) is 0 Å². The molecule has 2 aromatic rings. The Morgan fingerprint density at radius 3 is 2.24 bits per heavy atom. The van der Waals surface area contributed by atoms with Crippen molar-refractivity contribution < 1.29 is 8.78 Å². The Morgan fingerprint density at radius 1 is 1.00 bits per heavy atom. The Labute approximate surface area is 132 Å². The lowest BCUT2D eigenvalue weighted by Crippen LogP contribution is -2.33. The van der Waals surface area contributed by atoms with Crippen LogP contribution in [-0.2, 0) is 12.8 Å². The van der Waals surface area contributed by atoms with Crippen molar-refractivity contribution in [3.8, 4) is 0 Å². The third-order valence-electron chi connectivity index (χ3n) is 3.35. The molecule has 1 nitrogen and oxygen atoms in total. The van der Waals surface area contributed by atoms with E-state index in [4.69, 9.17) is 0 Å². The largest absolute Gasteiger partial charge is 0.314 e. The fraction of sp³-hybridized carbons (Fsp3) is 0.294. The van der Waals surface area contributed by atoms with E-state index in [1.807, 2.05) is 6.07 Å². The van der Waals surface area contributed by atoms with Crippen LogP contribution in [0.15, 0.2) is 46.9 Å². The minimum absolute atomic E-state index is 0.221. The summed E-state index contributed by atoms with van der Waals surface area (Å²) in [6, 6.07) is 11.9. The predicted molar refractivity (Wildman–Crippen MR) is 85.4 cm³/mol. The number of halogens is 3. The highest BCUT2D eigenvalue weighted by atomic mass is 79.9.